The van der Waals surface area contributed by atoms with E-state index in [2.05, 4.69) is 4.98 Å². The van der Waals surface area contributed by atoms with Gasteiger partial charge in [0.05, 0.1) is 17.5 Å². The fraction of sp³-hybridized carbons (Fsp3) is 0.158. The molecule has 0 saturated heterocycles. The average molecular weight is 321 g/mol. The largest absolute Gasteiger partial charge is 0.511 e. The summed E-state index contributed by atoms with van der Waals surface area (Å²) in [6, 6.07) is 12.0. The molecule has 0 radical (unpaired) electrons. The number of furan rings is 1. The van der Waals surface area contributed by atoms with Crippen LogP contribution in [0.4, 0.5) is 0 Å². The van der Waals surface area contributed by atoms with E-state index in [4.69, 9.17) is 4.42 Å². The number of para-hydroxylation sites is 1. The van der Waals surface area contributed by atoms with E-state index in [0.29, 0.717) is 28.8 Å². The number of carbonyl (C=O) groups is 1. The Morgan fingerprint density at radius 1 is 1.08 bits per heavy atom. The first kappa shape index (κ1) is 14.5. The summed E-state index contributed by atoms with van der Waals surface area (Å²) >= 11 is 0. The summed E-state index contributed by atoms with van der Waals surface area (Å²) in [6.45, 7) is 0. The molecular weight excluding hydrogens is 306 g/mol. The minimum Gasteiger partial charge on any atom is -0.511 e. The Morgan fingerprint density at radius 3 is 2.67 bits per heavy atom. The maximum absolute atomic E-state index is 12.6. The number of rotatable bonds is 2. The number of H-pyrrole nitrogens is 1. The predicted molar refractivity (Wildman–Crippen MR) is 89.8 cm³/mol. The molecule has 2 N–H and O–H groups in total. The monoisotopic (exact) mass is 321 g/mol. The van der Waals surface area contributed by atoms with Crippen LogP contribution in [0.15, 0.2) is 63.7 Å². The highest BCUT2D eigenvalue weighted by molar-refractivity contribution is 6.21. The smallest absolute Gasteiger partial charge is 0.190 e. The molecule has 5 nitrogen and oxygen atoms in total. The maximum atomic E-state index is 12.6. The molecule has 5 heteroatoms. The zero-order chi connectivity index (χ0) is 16.7. The van der Waals surface area contributed by atoms with E-state index in [9.17, 15) is 14.7 Å². The summed E-state index contributed by atoms with van der Waals surface area (Å²) in [4.78, 5) is 27.9. The molecule has 1 aliphatic carbocycles. The number of aromatic nitrogens is 1. The normalized spacial score (nSPS) is 18.3. The van der Waals surface area contributed by atoms with Crippen LogP contribution in [0.3, 0.4) is 0 Å². The van der Waals surface area contributed by atoms with E-state index in [-0.39, 0.29) is 34.9 Å². The first-order valence-corrected chi connectivity index (χ1v) is 7.74. The van der Waals surface area contributed by atoms with Crippen molar-refractivity contribution >= 4 is 22.3 Å². The maximum Gasteiger partial charge on any atom is 0.190 e. The van der Waals surface area contributed by atoms with E-state index in [0.717, 1.165) is 0 Å². The predicted octanol–water partition coefficient (Wildman–Crippen LogP) is 3.54. The molecule has 0 aliphatic heterocycles. The third-order valence-electron chi connectivity index (χ3n) is 4.39. The lowest BCUT2D eigenvalue weighted by Crippen LogP contribution is -2.19. The first-order valence-electron chi connectivity index (χ1n) is 7.74. The van der Waals surface area contributed by atoms with E-state index in [1.165, 1.54) is 6.07 Å². The van der Waals surface area contributed by atoms with E-state index < -0.39 is 0 Å². The number of carbonyl (C=O) groups excluding carboxylic acids is 1. The molecule has 0 unspecified atom stereocenters. The van der Waals surface area contributed by atoms with Gasteiger partial charge in [0.25, 0.3) is 0 Å². The van der Waals surface area contributed by atoms with Gasteiger partial charge < -0.3 is 14.5 Å². The molecule has 120 valence electrons. The molecular formula is C19H15NO4. The van der Waals surface area contributed by atoms with Gasteiger partial charge in [-0.1, -0.05) is 12.1 Å². The lowest BCUT2D eigenvalue weighted by Gasteiger charge is -2.22. The van der Waals surface area contributed by atoms with Crippen LogP contribution in [0, 0.1) is 0 Å². The Balaban J connectivity index is 1.80. The summed E-state index contributed by atoms with van der Waals surface area (Å²) in [5.41, 5.74) is 1.02. The molecule has 1 atom stereocenters. The van der Waals surface area contributed by atoms with Crippen molar-refractivity contribution in [2.24, 2.45) is 0 Å². The van der Waals surface area contributed by atoms with Crippen LogP contribution in [0.2, 0.25) is 0 Å². The van der Waals surface area contributed by atoms with Crippen LogP contribution in [0.5, 0.6) is 0 Å². The molecule has 0 spiro atoms. The van der Waals surface area contributed by atoms with Gasteiger partial charge >= 0.3 is 0 Å². The topological polar surface area (TPSA) is 83.3 Å². The van der Waals surface area contributed by atoms with Crippen molar-refractivity contribution in [3.05, 3.63) is 76.2 Å². The molecule has 24 heavy (non-hydrogen) atoms. The minimum absolute atomic E-state index is 0.0152. The lowest BCUT2D eigenvalue weighted by molar-refractivity contribution is -0.114. The summed E-state index contributed by atoms with van der Waals surface area (Å²) in [6.07, 6.45) is 2.10. The van der Waals surface area contributed by atoms with Gasteiger partial charge in [0, 0.05) is 35.7 Å². The molecule has 0 bridgehead atoms. The van der Waals surface area contributed by atoms with Gasteiger partial charge in [-0.15, -0.1) is 0 Å². The Hall–Kier alpha value is -3.08. The molecule has 4 rings (SSSR count). The number of pyridine rings is 1. The fourth-order valence-corrected chi connectivity index (χ4v) is 3.26. The number of nitrogens with one attached hydrogen (secondary N) is 1. The molecule has 3 aromatic rings. The molecule has 1 aromatic carbocycles. The molecule has 2 aromatic heterocycles. The van der Waals surface area contributed by atoms with Gasteiger partial charge in [-0.3, -0.25) is 9.59 Å². The Kier molecular flexibility index (Phi) is 3.34. The number of fused-ring (bicyclic) bond motifs is 1. The summed E-state index contributed by atoms with van der Waals surface area (Å²) in [5, 5.41) is 11.0. The van der Waals surface area contributed by atoms with Crippen molar-refractivity contribution in [3.63, 3.8) is 0 Å². The minimum atomic E-state index is -0.203. The highest BCUT2D eigenvalue weighted by Gasteiger charge is 2.31. The van der Waals surface area contributed by atoms with Gasteiger partial charge in [-0.25, -0.2) is 0 Å². The second-order valence-corrected chi connectivity index (χ2v) is 5.96. The van der Waals surface area contributed by atoms with Gasteiger partial charge in [-0.2, -0.15) is 0 Å². The van der Waals surface area contributed by atoms with Crippen molar-refractivity contribution in [3.8, 4) is 0 Å². The van der Waals surface area contributed by atoms with E-state index in [1.54, 1.807) is 36.6 Å². The van der Waals surface area contributed by atoms with Crippen molar-refractivity contribution in [1.82, 2.24) is 4.98 Å². The Labute approximate surface area is 137 Å². The molecule has 0 fully saturated rings. The lowest BCUT2D eigenvalue weighted by atomic mass is 9.84. The number of ketones is 1. The number of aromatic amines is 1. The van der Waals surface area contributed by atoms with Crippen LogP contribution >= 0.6 is 0 Å². The standard InChI is InChI=1S/C19H15NO4/c21-15-10-14(20-13-5-2-1-4-12(13)15)19-16(22)8-11(9-17(19)23)18-6-3-7-24-18/h1-7,10-11,22H,8-9H2,(H,20,21)/t11-/m0/s1. The average Bonchev–Trinajstić information content (AvgIpc) is 3.09. The van der Waals surface area contributed by atoms with Crippen LogP contribution in [0.1, 0.15) is 30.2 Å². The third-order valence-corrected chi connectivity index (χ3v) is 4.39. The summed E-state index contributed by atoms with van der Waals surface area (Å²) in [7, 11) is 0. The molecule has 0 saturated carbocycles. The van der Waals surface area contributed by atoms with Gasteiger partial charge in [0.2, 0.25) is 0 Å². The van der Waals surface area contributed by atoms with Gasteiger partial charge in [-0.05, 0) is 24.3 Å². The van der Waals surface area contributed by atoms with Crippen molar-refractivity contribution < 1.29 is 14.3 Å². The van der Waals surface area contributed by atoms with Crippen LogP contribution in [0.25, 0.3) is 16.5 Å². The Morgan fingerprint density at radius 2 is 1.92 bits per heavy atom. The molecule has 1 aliphatic rings. The van der Waals surface area contributed by atoms with Crippen molar-refractivity contribution in [2.45, 2.75) is 18.8 Å². The van der Waals surface area contributed by atoms with Crippen LogP contribution in [-0.2, 0) is 4.79 Å². The first-order chi connectivity index (χ1) is 11.6. The second kappa shape index (κ2) is 5.53. The quantitative estimate of drug-likeness (QED) is 0.756. The summed E-state index contributed by atoms with van der Waals surface area (Å²) in [5.74, 6) is 0.286. The van der Waals surface area contributed by atoms with Crippen LogP contribution < -0.4 is 5.43 Å². The molecule has 0 amide bonds. The fourth-order valence-electron chi connectivity index (χ4n) is 3.26. The molecule has 2 heterocycles. The second-order valence-electron chi connectivity index (χ2n) is 5.96. The van der Waals surface area contributed by atoms with Crippen LogP contribution in [-0.4, -0.2) is 15.9 Å². The highest BCUT2D eigenvalue weighted by atomic mass is 16.3. The SMILES string of the molecule is O=C1C[C@@H](c2ccco2)CC(O)=C1c1cc(=O)c2ccccc2[nH]1. The number of aliphatic hydroxyl groups excluding tert-OH is 1. The number of hydrogen-bond donors (Lipinski definition) is 2. The van der Waals surface area contributed by atoms with Crippen molar-refractivity contribution in [1.29, 1.82) is 0 Å². The van der Waals surface area contributed by atoms with E-state index in [1.807, 2.05) is 6.07 Å². The van der Waals surface area contributed by atoms with Crippen molar-refractivity contribution in [2.75, 3.05) is 0 Å². The highest BCUT2D eigenvalue weighted by Crippen LogP contribution is 2.36. The van der Waals surface area contributed by atoms with E-state index >= 15 is 0 Å². The third kappa shape index (κ3) is 2.34. The number of hydrogen-bond acceptors (Lipinski definition) is 4. The number of aliphatic hydroxyl groups is 1. The van der Waals surface area contributed by atoms with Gasteiger partial charge in [0.15, 0.2) is 11.2 Å². The number of benzene rings is 1. The summed E-state index contributed by atoms with van der Waals surface area (Å²) < 4.78 is 5.34. The zero-order valence-corrected chi connectivity index (χ0v) is 12.8. The zero-order valence-electron chi connectivity index (χ0n) is 12.8. The number of allylic oxidation sites excluding steroid dienone is 2. The number of Topliss-reactive ketones (excluding diaryl/α,β-unsaturated/α-hetero) is 1. The van der Waals surface area contributed by atoms with Gasteiger partial charge in [0.1, 0.15) is 11.5 Å². The Bertz CT molecular complexity index is 1010.